The second-order valence-corrected chi connectivity index (χ2v) is 7.94. The predicted molar refractivity (Wildman–Crippen MR) is 118 cm³/mol. The average Bonchev–Trinajstić information content (AvgIpc) is 3.50. The molecule has 1 N–H and O–H groups in total. The molecule has 2 aliphatic rings. The molecular formula is C23H24N4OS. The van der Waals surface area contributed by atoms with Gasteiger partial charge in [0, 0.05) is 36.9 Å². The Labute approximate surface area is 176 Å². The minimum absolute atomic E-state index is 0.0104. The first-order chi connectivity index (χ1) is 14.3. The number of thiocarbonyl (C=S) groups is 1. The van der Waals surface area contributed by atoms with Crippen molar-refractivity contribution in [1.82, 2.24) is 14.9 Å². The highest BCUT2D eigenvalue weighted by Crippen LogP contribution is 2.41. The lowest BCUT2D eigenvalue weighted by Crippen LogP contribution is -2.31. The van der Waals surface area contributed by atoms with Gasteiger partial charge in [-0.25, -0.2) is 0 Å². The molecule has 2 aromatic heterocycles. The van der Waals surface area contributed by atoms with Gasteiger partial charge in [0.05, 0.1) is 17.8 Å². The Balaban J connectivity index is 1.57. The van der Waals surface area contributed by atoms with Crippen LogP contribution in [0.3, 0.4) is 0 Å². The fraction of sp³-hybridized carbons (Fsp3) is 0.304. The van der Waals surface area contributed by atoms with E-state index < -0.39 is 0 Å². The van der Waals surface area contributed by atoms with Crippen LogP contribution >= 0.6 is 12.2 Å². The Kier molecular flexibility index (Phi) is 5.04. The molecule has 2 fully saturated rings. The third kappa shape index (κ3) is 3.54. The smallest absolute Gasteiger partial charge is 0.174 e. The highest BCUT2D eigenvalue weighted by Gasteiger charge is 2.42. The van der Waals surface area contributed by atoms with Crippen molar-refractivity contribution in [3.05, 3.63) is 84.4 Å². The Morgan fingerprint density at radius 1 is 1.07 bits per heavy atom. The molecule has 2 aliphatic heterocycles. The van der Waals surface area contributed by atoms with Gasteiger partial charge in [0.1, 0.15) is 6.04 Å². The number of aromatic nitrogens is 2. The lowest BCUT2D eigenvalue weighted by Gasteiger charge is -2.29. The Bertz CT molecular complexity index is 969. The van der Waals surface area contributed by atoms with Crippen LogP contribution < -0.4 is 10.2 Å². The van der Waals surface area contributed by atoms with Gasteiger partial charge < -0.3 is 19.5 Å². The van der Waals surface area contributed by atoms with Crippen molar-refractivity contribution in [2.75, 3.05) is 11.5 Å². The van der Waals surface area contributed by atoms with E-state index in [0.717, 1.165) is 42.5 Å². The van der Waals surface area contributed by atoms with Crippen LogP contribution in [0.1, 0.15) is 36.3 Å². The summed E-state index contributed by atoms with van der Waals surface area (Å²) >= 11 is 5.79. The molecule has 5 rings (SSSR count). The van der Waals surface area contributed by atoms with Crippen molar-refractivity contribution >= 4 is 23.0 Å². The standard InChI is InChI=1S/C23H24N4OS/c29-23-25-21(19-11-4-5-13-24-19)22(27(23)17-8-2-1-3-9-17)20-12-6-14-26(20)16-18-10-7-15-28-18/h1-6,8-9,11-14,18,21-22H,7,10,15-16H2,(H,25,29)/t18-,21-,22-/m0/s1. The topological polar surface area (TPSA) is 42.3 Å². The van der Waals surface area contributed by atoms with Crippen molar-refractivity contribution in [1.29, 1.82) is 0 Å². The Morgan fingerprint density at radius 3 is 2.69 bits per heavy atom. The molecule has 0 amide bonds. The Morgan fingerprint density at radius 2 is 1.93 bits per heavy atom. The molecule has 6 heteroatoms. The third-order valence-electron chi connectivity index (χ3n) is 5.72. The fourth-order valence-corrected chi connectivity index (χ4v) is 4.74. The largest absolute Gasteiger partial charge is 0.376 e. The van der Waals surface area contributed by atoms with Gasteiger partial charge in [0.15, 0.2) is 5.11 Å². The maximum Gasteiger partial charge on any atom is 0.174 e. The van der Waals surface area contributed by atoms with Crippen LogP contribution in [0.25, 0.3) is 0 Å². The van der Waals surface area contributed by atoms with Crippen molar-refractivity contribution in [3.8, 4) is 0 Å². The number of nitrogens with zero attached hydrogens (tertiary/aromatic N) is 3. The van der Waals surface area contributed by atoms with Crippen LogP contribution in [-0.4, -0.2) is 27.4 Å². The predicted octanol–water partition coefficient (Wildman–Crippen LogP) is 4.24. The molecule has 1 aromatic carbocycles. The first kappa shape index (κ1) is 18.3. The fourth-order valence-electron chi connectivity index (χ4n) is 4.39. The molecule has 0 bridgehead atoms. The minimum Gasteiger partial charge on any atom is -0.376 e. The molecule has 0 spiro atoms. The van der Waals surface area contributed by atoms with E-state index in [1.165, 1.54) is 5.69 Å². The maximum atomic E-state index is 5.90. The SMILES string of the molecule is S=C1N[C@@H](c2ccccn2)[C@H](c2cccn2C[C@@H]2CCCO2)N1c1ccccc1. The second-order valence-electron chi connectivity index (χ2n) is 7.55. The number of rotatable bonds is 5. The average molecular weight is 405 g/mol. The summed E-state index contributed by atoms with van der Waals surface area (Å²) in [7, 11) is 0. The molecule has 5 nitrogen and oxygen atoms in total. The normalized spacial score (nSPS) is 24.1. The number of hydrogen-bond acceptors (Lipinski definition) is 3. The lowest BCUT2D eigenvalue weighted by molar-refractivity contribution is 0.0961. The second kappa shape index (κ2) is 7.97. The van der Waals surface area contributed by atoms with Crippen molar-refractivity contribution in [3.63, 3.8) is 0 Å². The third-order valence-corrected chi connectivity index (χ3v) is 6.04. The summed E-state index contributed by atoms with van der Waals surface area (Å²) < 4.78 is 8.22. The van der Waals surface area contributed by atoms with Crippen molar-refractivity contribution in [2.24, 2.45) is 0 Å². The number of para-hydroxylation sites is 1. The van der Waals surface area contributed by atoms with Gasteiger partial charge in [0.2, 0.25) is 0 Å². The van der Waals surface area contributed by atoms with Crippen LogP contribution in [0.2, 0.25) is 0 Å². The zero-order valence-electron chi connectivity index (χ0n) is 16.1. The monoisotopic (exact) mass is 404 g/mol. The van der Waals surface area contributed by atoms with E-state index >= 15 is 0 Å². The first-order valence-corrected chi connectivity index (χ1v) is 10.5. The summed E-state index contributed by atoms with van der Waals surface area (Å²) in [5, 5.41) is 4.25. The summed E-state index contributed by atoms with van der Waals surface area (Å²) in [5.41, 5.74) is 3.29. The molecular weight excluding hydrogens is 380 g/mol. The zero-order valence-corrected chi connectivity index (χ0v) is 17.0. The highest BCUT2D eigenvalue weighted by atomic mass is 32.1. The molecule has 29 heavy (non-hydrogen) atoms. The number of ether oxygens (including phenoxy) is 1. The summed E-state index contributed by atoms with van der Waals surface area (Å²) in [4.78, 5) is 6.85. The number of pyridine rings is 1. The van der Waals surface area contributed by atoms with Gasteiger partial charge in [-0.2, -0.15) is 0 Å². The molecule has 3 atom stereocenters. The summed E-state index contributed by atoms with van der Waals surface area (Å²) in [6, 6.07) is 20.7. The maximum absolute atomic E-state index is 5.90. The zero-order chi connectivity index (χ0) is 19.6. The van der Waals surface area contributed by atoms with Crippen molar-refractivity contribution in [2.45, 2.75) is 37.6 Å². The summed E-state index contributed by atoms with van der Waals surface area (Å²) in [5.74, 6) is 0. The van der Waals surface area contributed by atoms with Crippen LogP contribution in [0, 0.1) is 0 Å². The molecule has 2 saturated heterocycles. The van der Waals surface area contributed by atoms with Crippen molar-refractivity contribution < 1.29 is 4.74 Å². The number of anilines is 1. The van der Waals surface area contributed by atoms with E-state index in [4.69, 9.17) is 17.0 Å². The summed E-state index contributed by atoms with van der Waals surface area (Å²) in [6.45, 7) is 1.73. The number of nitrogens with one attached hydrogen (secondary N) is 1. The quantitative estimate of drug-likeness (QED) is 0.645. The van der Waals surface area contributed by atoms with Gasteiger partial charge in [0.25, 0.3) is 0 Å². The van der Waals surface area contributed by atoms with E-state index in [1.54, 1.807) is 0 Å². The molecule has 0 saturated carbocycles. The van der Waals surface area contributed by atoms with E-state index in [2.05, 4.69) is 68.4 Å². The molecule has 0 radical (unpaired) electrons. The number of benzene rings is 1. The van der Waals surface area contributed by atoms with E-state index in [9.17, 15) is 0 Å². The lowest BCUT2D eigenvalue weighted by atomic mass is 10.0. The van der Waals surface area contributed by atoms with Gasteiger partial charge in [-0.15, -0.1) is 0 Å². The molecule has 0 aliphatic carbocycles. The first-order valence-electron chi connectivity index (χ1n) is 10.1. The molecule has 0 unspecified atom stereocenters. The van der Waals surface area contributed by atoms with E-state index in [1.807, 2.05) is 24.4 Å². The molecule has 3 aromatic rings. The number of hydrogen-bond donors (Lipinski definition) is 1. The van der Waals surface area contributed by atoms with Gasteiger partial charge >= 0.3 is 0 Å². The minimum atomic E-state index is -0.0259. The Hall–Kier alpha value is -2.70. The van der Waals surface area contributed by atoms with Crippen LogP contribution in [0.4, 0.5) is 5.69 Å². The highest BCUT2D eigenvalue weighted by molar-refractivity contribution is 7.80. The molecule has 148 valence electrons. The van der Waals surface area contributed by atoms with Gasteiger partial charge in [-0.3, -0.25) is 4.98 Å². The van der Waals surface area contributed by atoms with Gasteiger partial charge in [-0.05, 0) is 61.5 Å². The molecule has 4 heterocycles. The summed E-state index contributed by atoms with van der Waals surface area (Å²) in [6.07, 6.45) is 6.53. The van der Waals surface area contributed by atoms with Gasteiger partial charge in [-0.1, -0.05) is 24.3 Å². The van der Waals surface area contributed by atoms with Crippen LogP contribution in [-0.2, 0) is 11.3 Å². The van der Waals surface area contributed by atoms with Crippen LogP contribution in [0.5, 0.6) is 0 Å². The van der Waals surface area contributed by atoms with E-state index in [-0.39, 0.29) is 18.2 Å². The van der Waals surface area contributed by atoms with E-state index in [0.29, 0.717) is 0 Å². The van der Waals surface area contributed by atoms with Crippen LogP contribution in [0.15, 0.2) is 73.1 Å².